The van der Waals surface area contributed by atoms with E-state index in [1.807, 2.05) is 0 Å². The number of nitrogens with zero attached hydrogens (tertiary/aromatic N) is 1. The fraction of sp³-hybridized carbons (Fsp3) is 0.667. The van der Waals surface area contributed by atoms with Crippen LogP contribution in [0.25, 0.3) is 0 Å². The summed E-state index contributed by atoms with van der Waals surface area (Å²) in [5.41, 5.74) is 1.42. The summed E-state index contributed by atoms with van der Waals surface area (Å²) in [6.45, 7) is 1.73. The summed E-state index contributed by atoms with van der Waals surface area (Å²) >= 11 is 0. The lowest BCUT2D eigenvalue weighted by Gasteiger charge is -1.91. The Hall–Kier alpha value is -1.33. The van der Waals surface area contributed by atoms with E-state index in [2.05, 4.69) is 4.74 Å². The fourth-order valence-corrected chi connectivity index (χ4v) is 0.241. The smallest absolute Gasteiger partial charge is 0.446 e. The minimum atomic E-state index is -0.977. The predicted octanol–water partition coefficient (Wildman–Crippen LogP) is -0.184. The normalized spacial score (nSPS) is 8.11. The van der Waals surface area contributed by atoms with Crippen LogP contribution in [0.5, 0.6) is 0 Å². The summed E-state index contributed by atoms with van der Waals surface area (Å²) in [5.74, 6) is 0. The van der Waals surface area contributed by atoms with Crippen molar-refractivity contribution in [2.45, 2.75) is 6.92 Å². The van der Waals surface area contributed by atoms with Gasteiger partial charge in [0.2, 0.25) is 0 Å². The molecule has 0 atom stereocenters. The average Bonchev–Trinajstić information content (AvgIpc) is 1.63. The third kappa shape index (κ3) is 4.52. The van der Waals surface area contributed by atoms with Crippen LogP contribution in [-0.2, 0) is 4.74 Å². The van der Waals surface area contributed by atoms with E-state index in [1.54, 1.807) is 6.92 Å². The molecule has 0 aliphatic rings. The first kappa shape index (κ1) is 7.67. The Morgan fingerprint density at radius 2 is 2.44 bits per heavy atom. The zero-order valence-electron chi connectivity index (χ0n) is 4.83. The predicted molar refractivity (Wildman–Crippen MR) is 25.6 cm³/mol. The highest BCUT2D eigenvalue weighted by Crippen LogP contribution is 1.73. The van der Waals surface area contributed by atoms with Gasteiger partial charge in [-0.15, -0.1) is 0 Å². The monoisotopic (exact) mass is 135 g/mol. The Morgan fingerprint density at radius 1 is 1.89 bits per heavy atom. The van der Waals surface area contributed by atoms with Crippen LogP contribution in [0.15, 0.2) is 0 Å². The number of amides is 1. The van der Waals surface area contributed by atoms with Crippen molar-refractivity contribution in [1.82, 2.24) is 5.43 Å². The number of rotatable bonds is 2. The van der Waals surface area contributed by atoms with E-state index in [-0.39, 0.29) is 6.61 Å². The topological polar surface area (TPSA) is 78.6 Å². The molecule has 0 aromatic heterocycles. The summed E-state index contributed by atoms with van der Waals surface area (Å²) in [6, 6.07) is 0. The molecule has 6 nitrogen and oxygen atoms in total. The number of nitrogens with one attached hydrogen (secondary N) is 1. The fourth-order valence-electron chi connectivity index (χ4n) is 0.241. The lowest BCUT2D eigenvalue weighted by Crippen LogP contribution is -2.31. The molecule has 0 spiro atoms. The van der Waals surface area contributed by atoms with Gasteiger partial charge in [-0.25, -0.2) is 10.0 Å². The Balaban J connectivity index is 3.39. The van der Waals surface area contributed by atoms with E-state index in [4.69, 9.17) is 5.21 Å². The van der Waals surface area contributed by atoms with E-state index >= 15 is 0 Å². The quantitative estimate of drug-likeness (QED) is 0.514. The van der Waals surface area contributed by atoms with Crippen LogP contribution >= 0.6 is 0 Å². The van der Waals surface area contributed by atoms with Gasteiger partial charge in [-0.05, 0) is 6.92 Å². The second-order valence-corrected chi connectivity index (χ2v) is 1.11. The van der Waals surface area contributed by atoms with Gasteiger partial charge in [0.15, 0.2) is 0 Å². The molecule has 0 aliphatic heterocycles. The first-order valence-electron chi connectivity index (χ1n) is 2.26. The Kier molecular flexibility index (Phi) is 3.11. The molecule has 9 heavy (non-hydrogen) atoms. The second kappa shape index (κ2) is 3.65. The van der Waals surface area contributed by atoms with Crippen LogP contribution in [-0.4, -0.2) is 22.9 Å². The molecular weight excluding hydrogens is 128 g/mol. The van der Waals surface area contributed by atoms with Gasteiger partial charge in [-0.1, -0.05) is 0 Å². The largest absolute Gasteiger partial charge is 0.468 e. The Bertz CT molecular complexity index is 123. The molecule has 0 rings (SSSR count). The van der Waals surface area contributed by atoms with E-state index in [9.17, 15) is 9.70 Å². The minimum Gasteiger partial charge on any atom is -0.446 e. The van der Waals surface area contributed by atoms with Crippen LogP contribution < -0.4 is 5.43 Å². The van der Waals surface area contributed by atoms with E-state index in [1.165, 1.54) is 5.43 Å². The van der Waals surface area contributed by atoms with Crippen LogP contribution in [0.2, 0.25) is 0 Å². The van der Waals surface area contributed by atoms with Gasteiger partial charge >= 0.3 is 11.1 Å². The highest BCUT2D eigenvalue weighted by molar-refractivity contribution is 5.65. The van der Waals surface area contributed by atoms with Crippen LogP contribution in [0.1, 0.15) is 6.92 Å². The van der Waals surface area contributed by atoms with Crippen molar-refractivity contribution in [2.24, 2.45) is 0 Å². The van der Waals surface area contributed by atoms with Crippen molar-refractivity contribution in [2.75, 3.05) is 6.61 Å². The number of carbonyl (C=O) groups excluding carboxylic acids is 1. The summed E-state index contributed by atoms with van der Waals surface area (Å²) in [4.78, 5) is 19.7. The third-order valence-corrected chi connectivity index (χ3v) is 0.462. The third-order valence-electron chi connectivity index (χ3n) is 0.462. The Morgan fingerprint density at radius 3 is 2.78 bits per heavy atom. The Labute approximate surface area is 50.9 Å². The molecule has 1 amide bonds. The highest BCUT2D eigenvalue weighted by atomic mass is 16.7. The number of hydrogen-bond donors (Lipinski definition) is 2. The molecule has 0 aromatic rings. The van der Waals surface area contributed by atoms with Crippen molar-refractivity contribution in [1.29, 1.82) is 0 Å². The maximum atomic E-state index is 10.1. The maximum Gasteiger partial charge on any atom is 0.468 e. The molecule has 0 fully saturated rings. The van der Waals surface area contributed by atoms with Gasteiger partial charge in [-0.2, -0.15) is 0 Å². The van der Waals surface area contributed by atoms with Gasteiger partial charge in [-0.3, -0.25) is 0 Å². The van der Waals surface area contributed by atoms with E-state index in [0.29, 0.717) is 0 Å². The minimum absolute atomic E-state index is 0.152. The second-order valence-electron chi connectivity index (χ2n) is 1.11. The SMILES string of the molecule is CCOC(=O)N[N+](=O)O. The molecule has 0 saturated heterocycles. The number of hydrogen-bond acceptors (Lipinski definition) is 3. The molecule has 0 saturated carbocycles. The molecule has 6 heteroatoms. The van der Waals surface area contributed by atoms with Crippen molar-refractivity contribution in [3.8, 4) is 0 Å². The van der Waals surface area contributed by atoms with Crippen LogP contribution in [0.4, 0.5) is 4.79 Å². The van der Waals surface area contributed by atoms with E-state index < -0.39 is 11.1 Å². The van der Waals surface area contributed by atoms with Gasteiger partial charge in [0, 0.05) is 5.43 Å². The molecule has 0 aromatic carbocycles. The van der Waals surface area contributed by atoms with Crippen molar-refractivity contribution in [3.05, 3.63) is 4.91 Å². The average molecular weight is 135 g/mol. The maximum absolute atomic E-state index is 10.1. The molecule has 0 heterocycles. The van der Waals surface area contributed by atoms with E-state index in [0.717, 1.165) is 0 Å². The van der Waals surface area contributed by atoms with Gasteiger partial charge in [0.25, 0.3) is 0 Å². The molecule has 0 aliphatic carbocycles. The molecule has 0 bridgehead atoms. The molecule has 0 unspecified atom stereocenters. The number of carbonyl (C=O) groups is 1. The van der Waals surface area contributed by atoms with Crippen LogP contribution in [0, 0.1) is 4.91 Å². The number of hydrazine groups is 1. The molecule has 2 N–H and O–H groups in total. The summed E-state index contributed by atoms with van der Waals surface area (Å²) in [6.07, 6.45) is -0.977. The van der Waals surface area contributed by atoms with Crippen molar-refractivity contribution >= 4 is 6.09 Å². The molecule has 52 valence electrons. The zero-order chi connectivity index (χ0) is 7.28. The van der Waals surface area contributed by atoms with Gasteiger partial charge < -0.3 is 4.74 Å². The first-order chi connectivity index (χ1) is 4.16. The van der Waals surface area contributed by atoms with Gasteiger partial charge in [0.05, 0.1) is 6.61 Å². The molecule has 0 radical (unpaired) electrons. The van der Waals surface area contributed by atoms with Crippen molar-refractivity contribution in [3.63, 3.8) is 0 Å². The standard InChI is InChI=1S/C3H6N2O4/c1-2-9-3(6)4-5(7)8/h2H2,1H3,(H-,4,6,7,8)/p+1. The van der Waals surface area contributed by atoms with Crippen LogP contribution in [0.3, 0.4) is 0 Å². The lowest BCUT2D eigenvalue weighted by molar-refractivity contribution is -0.824. The first-order valence-corrected chi connectivity index (χ1v) is 2.26. The summed E-state index contributed by atoms with van der Waals surface area (Å²) in [7, 11) is 0. The lowest BCUT2D eigenvalue weighted by atomic mass is 10.9. The molecular formula is C3H7N2O4+. The van der Waals surface area contributed by atoms with Gasteiger partial charge in [0.1, 0.15) is 4.91 Å². The zero-order valence-corrected chi connectivity index (χ0v) is 4.83. The van der Waals surface area contributed by atoms with Crippen molar-refractivity contribution < 1.29 is 19.8 Å². The highest BCUT2D eigenvalue weighted by Gasteiger charge is 2.10. The summed E-state index contributed by atoms with van der Waals surface area (Å²) < 4.78 is 4.20. The summed E-state index contributed by atoms with van der Waals surface area (Å²) in [5, 5.41) is 7.09. The number of ether oxygens (including phenoxy) is 1.